The zero-order valence-electron chi connectivity index (χ0n) is 12.7. The molecule has 0 radical (unpaired) electrons. The van der Waals surface area contributed by atoms with E-state index < -0.39 is 0 Å². The number of carbonyl (C=O) groups is 1. The number of rotatable bonds is 6. The highest BCUT2D eigenvalue weighted by atomic mass is 127. The lowest BCUT2D eigenvalue weighted by Crippen LogP contribution is -2.20. The highest BCUT2D eigenvalue weighted by molar-refractivity contribution is 14.1. The fourth-order valence-electron chi connectivity index (χ4n) is 2.05. The van der Waals surface area contributed by atoms with Gasteiger partial charge in [0.1, 0.15) is 5.75 Å². The Morgan fingerprint density at radius 3 is 2.62 bits per heavy atom. The number of pyridine rings is 1. The first kappa shape index (κ1) is 16.4. The van der Waals surface area contributed by atoms with Gasteiger partial charge in [-0.05, 0) is 64.6 Å². The number of nitrogens with zero attached hydrogens (tertiary/aromatic N) is 3. The minimum absolute atomic E-state index is 0.0577. The maximum Gasteiger partial charge on any atom is 0.263 e. The van der Waals surface area contributed by atoms with Crippen LogP contribution in [0, 0.1) is 3.57 Å². The molecule has 2 aromatic heterocycles. The Hall–Kier alpha value is -2.42. The monoisotopic (exact) mass is 434 g/mol. The average Bonchev–Trinajstić information content (AvgIpc) is 3.02. The lowest BCUT2D eigenvalue weighted by atomic mass is 10.3. The molecule has 0 fully saturated rings. The Kier molecular flexibility index (Phi) is 5.42. The van der Waals surface area contributed by atoms with Crippen LogP contribution in [0.1, 0.15) is 5.56 Å². The fourth-order valence-corrected chi connectivity index (χ4v) is 2.41. The van der Waals surface area contributed by atoms with Crippen molar-refractivity contribution in [3.05, 3.63) is 70.2 Å². The highest BCUT2D eigenvalue weighted by Crippen LogP contribution is 2.13. The SMILES string of the molecule is O=C(COc1ccc(I)cc1)Nc1ccn(Cc2ccncc2)n1. The van der Waals surface area contributed by atoms with E-state index in [1.54, 1.807) is 23.1 Å². The Bertz CT molecular complexity index is 803. The summed E-state index contributed by atoms with van der Waals surface area (Å²) in [4.78, 5) is 15.9. The second-order valence-corrected chi connectivity index (χ2v) is 6.29. The van der Waals surface area contributed by atoms with E-state index in [1.807, 2.05) is 42.6 Å². The molecule has 0 saturated carbocycles. The summed E-state index contributed by atoms with van der Waals surface area (Å²) in [5.74, 6) is 0.914. The number of halogens is 1. The summed E-state index contributed by atoms with van der Waals surface area (Å²) < 4.78 is 8.31. The maximum absolute atomic E-state index is 11.9. The van der Waals surface area contributed by atoms with Crippen molar-refractivity contribution in [1.29, 1.82) is 0 Å². The zero-order chi connectivity index (χ0) is 16.8. The normalized spacial score (nSPS) is 10.4. The number of ether oxygens (including phenoxy) is 1. The molecule has 1 N–H and O–H groups in total. The van der Waals surface area contributed by atoms with Gasteiger partial charge in [-0.15, -0.1) is 0 Å². The Balaban J connectivity index is 1.50. The van der Waals surface area contributed by atoms with Gasteiger partial charge in [0.05, 0.1) is 6.54 Å². The summed E-state index contributed by atoms with van der Waals surface area (Å²) in [6.45, 7) is 0.565. The van der Waals surface area contributed by atoms with Crippen LogP contribution >= 0.6 is 22.6 Å². The van der Waals surface area contributed by atoms with Crippen molar-refractivity contribution in [2.24, 2.45) is 0 Å². The van der Waals surface area contributed by atoms with Crippen LogP contribution in [0.25, 0.3) is 0 Å². The molecule has 0 unspecified atom stereocenters. The molecule has 0 aliphatic rings. The van der Waals surface area contributed by atoms with Crippen LogP contribution in [0.15, 0.2) is 61.1 Å². The molecule has 0 saturated heterocycles. The molecule has 7 heteroatoms. The summed E-state index contributed by atoms with van der Waals surface area (Å²) in [6.07, 6.45) is 5.29. The molecule has 24 heavy (non-hydrogen) atoms. The quantitative estimate of drug-likeness (QED) is 0.606. The van der Waals surface area contributed by atoms with Crippen LogP contribution in [-0.4, -0.2) is 27.3 Å². The van der Waals surface area contributed by atoms with Crippen LogP contribution in [0.2, 0.25) is 0 Å². The van der Waals surface area contributed by atoms with E-state index >= 15 is 0 Å². The van der Waals surface area contributed by atoms with E-state index in [2.05, 4.69) is 38.0 Å². The van der Waals surface area contributed by atoms with Crippen LogP contribution in [0.4, 0.5) is 5.82 Å². The second kappa shape index (κ2) is 7.91. The van der Waals surface area contributed by atoms with Gasteiger partial charge in [-0.1, -0.05) is 0 Å². The maximum atomic E-state index is 11.9. The molecule has 1 aromatic carbocycles. The number of hydrogen-bond donors (Lipinski definition) is 1. The minimum Gasteiger partial charge on any atom is -0.484 e. The van der Waals surface area contributed by atoms with E-state index in [4.69, 9.17) is 4.74 Å². The van der Waals surface area contributed by atoms with Crippen molar-refractivity contribution in [1.82, 2.24) is 14.8 Å². The number of amides is 1. The molecule has 3 rings (SSSR count). The zero-order valence-corrected chi connectivity index (χ0v) is 14.9. The number of benzene rings is 1. The van der Waals surface area contributed by atoms with Gasteiger partial charge < -0.3 is 10.1 Å². The molecule has 1 amide bonds. The van der Waals surface area contributed by atoms with E-state index in [-0.39, 0.29) is 12.5 Å². The lowest BCUT2D eigenvalue weighted by Gasteiger charge is -2.06. The molecule has 0 atom stereocenters. The third-order valence-corrected chi connectivity index (χ3v) is 3.90. The van der Waals surface area contributed by atoms with Crippen LogP contribution in [-0.2, 0) is 11.3 Å². The second-order valence-electron chi connectivity index (χ2n) is 5.04. The van der Waals surface area contributed by atoms with Gasteiger partial charge in [0.15, 0.2) is 12.4 Å². The number of anilines is 1. The molecule has 2 heterocycles. The molecule has 122 valence electrons. The largest absolute Gasteiger partial charge is 0.484 e. The first-order valence-electron chi connectivity index (χ1n) is 7.29. The predicted octanol–water partition coefficient (Wildman–Crippen LogP) is 2.95. The number of carbonyl (C=O) groups excluding carboxylic acids is 1. The predicted molar refractivity (Wildman–Crippen MR) is 98.8 cm³/mol. The number of nitrogens with one attached hydrogen (secondary N) is 1. The van der Waals surface area contributed by atoms with Gasteiger partial charge >= 0.3 is 0 Å². The van der Waals surface area contributed by atoms with Gasteiger partial charge in [-0.2, -0.15) is 5.10 Å². The molecule has 3 aromatic rings. The van der Waals surface area contributed by atoms with Gasteiger partial charge in [0, 0.05) is 28.2 Å². The Morgan fingerprint density at radius 1 is 1.12 bits per heavy atom. The highest BCUT2D eigenvalue weighted by Gasteiger charge is 2.06. The summed E-state index contributed by atoms with van der Waals surface area (Å²) in [7, 11) is 0. The average molecular weight is 434 g/mol. The standard InChI is InChI=1S/C17H15IN4O2/c18-14-1-3-15(4-2-14)24-12-17(23)20-16-7-10-22(21-16)11-13-5-8-19-9-6-13/h1-10H,11-12H2,(H,20,21,23). The van der Waals surface area contributed by atoms with Crippen LogP contribution < -0.4 is 10.1 Å². The number of aromatic nitrogens is 3. The molecular weight excluding hydrogens is 419 g/mol. The van der Waals surface area contributed by atoms with Gasteiger partial charge in [-0.3, -0.25) is 14.5 Å². The summed E-state index contributed by atoms with van der Waals surface area (Å²) >= 11 is 2.21. The number of hydrogen-bond acceptors (Lipinski definition) is 4. The Labute approximate surface area is 153 Å². The fraction of sp³-hybridized carbons (Fsp3) is 0.118. The summed E-state index contributed by atoms with van der Waals surface area (Å²) in [6, 6.07) is 13.1. The Morgan fingerprint density at radius 2 is 1.88 bits per heavy atom. The van der Waals surface area contributed by atoms with Gasteiger partial charge in [0.25, 0.3) is 5.91 Å². The molecule has 0 aliphatic heterocycles. The van der Waals surface area contributed by atoms with Gasteiger partial charge in [0.2, 0.25) is 0 Å². The first-order chi connectivity index (χ1) is 11.7. The van der Waals surface area contributed by atoms with Crippen molar-refractivity contribution >= 4 is 34.3 Å². The van der Waals surface area contributed by atoms with Crippen LogP contribution in [0.5, 0.6) is 5.75 Å². The van der Waals surface area contributed by atoms with Crippen molar-refractivity contribution in [2.75, 3.05) is 11.9 Å². The van der Waals surface area contributed by atoms with Gasteiger partial charge in [-0.25, -0.2) is 0 Å². The van der Waals surface area contributed by atoms with Crippen molar-refractivity contribution in [2.45, 2.75) is 6.54 Å². The smallest absolute Gasteiger partial charge is 0.263 e. The summed E-state index contributed by atoms with van der Waals surface area (Å²) in [5.41, 5.74) is 1.09. The third-order valence-electron chi connectivity index (χ3n) is 3.19. The van der Waals surface area contributed by atoms with Crippen LogP contribution in [0.3, 0.4) is 0 Å². The van der Waals surface area contributed by atoms with E-state index in [0.717, 1.165) is 9.13 Å². The minimum atomic E-state index is -0.247. The van der Waals surface area contributed by atoms with Crippen molar-refractivity contribution in [3.63, 3.8) is 0 Å². The van der Waals surface area contributed by atoms with E-state index in [9.17, 15) is 4.79 Å². The van der Waals surface area contributed by atoms with Crippen molar-refractivity contribution in [3.8, 4) is 5.75 Å². The molecular formula is C17H15IN4O2. The van der Waals surface area contributed by atoms with E-state index in [0.29, 0.717) is 18.1 Å². The van der Waals surface area contributed by atoms with E-state index in [1.165, 1.54) is 0 Å². The summed E-state index contributed by atoms with van der Waals surface area (Å²) in [5, 5.41) is 7.04. The molecule has 0 spiro atoms. The topological polar surface area (TPSA) is 69.0 Å². The molecule has 6 nitrogen and oxygen atoms in total. The third kappa shape index (κ3) is 4.79. The molecule has 0 bridgehead atoms. The first-order valence-corrected chi connectivity index (χ1v) is 8.37. The molecule has 0 aliphatic carbocycles. The van der Waals surface area contributed by atoms with Crippen molar-refractivity contribution < 1.29 is 9.53 Å². The lowest BCUT2D eigenvalue weighted by molar-refractivity contribution is -0.118.